The molecule has 0 saturated carbocycles. The van der Waals surface area contributed by atoms with Crippen LogP contribution in [0.3, 0.4) is 0 Å². The molecular weight excluding hydrogens is 246 g/mol. The van der Waals surface area contributed by atoms with Crippen LogP contribution < -0.4 is 5.73 Å². The van der Waals surface area contributed by atoms with Crippen molar-refractivity contribution in [1.29, 1.82) is 0 Å². The van der Waals surface area contributed by atoms with E-state index in [9.17, 15) is 17.6 Å². The predicted molar refractivity (Wildman–Crippen MR) is 55.9 cm³/mol. The maximum Gasteiger partial charge on any atom is 0.416 e. The predicted octanol–water partition coefficient (Wildman–Crippen LogP) is 3.68. The second-order valence-corrected chi connectivity index (χ2v) is 3.29. The lowest BCUT2D eigenvalue weighted by atomic mass is 10.0. The summed E-state index contributed by atoms with van der Waals surface area (Å²) in [7, 11) is 0. The summed E-state index contributed by atoms with van der Waals surface area (Å²) in [5, 5.41) is 0. The second-order valence-electron chi connectivity index (χ2n) is 3.29. The van der Waals surface area contributed by atoms with E-state index in [1.54, 1.807) is 6.92 Å². The Labute approximate surface area is 97.0 Å². The fourth-order valence-electron chi connectivity index (χ4n) is 1.23. The lowest BCUT2D eigenvalue weighted by Gasteiger charge is -2.13. The van der Waals surface area contributed by atoms with Crippen molar-refractivity contribution in [2.75, 3.05) is 0 Å². The summed E-state index contributed by atoms with van der Waals surface area (Å²) in [4.78, 5) is 0. The normalized spacial score (nSPS) is 13.1. The number of benzene rings is 1. The van der Waals surface area contributed by atoms with Gasteiger partial charge < -0.3 is 5.73 Å². The molecular formula is C10H12ClF4N. The maximum absolute atomic E-state index is 12.9. The van der Waals surface area contributed by atoms with Crippen LogP contribution in [0.25, 0.3) is 0 Å². The van der Waals surface area contributed by atoms with E-state index in [0.29, 0.717) is 12.5 Å². The molecule has 0 saturated heterocycles. The standard InChI is InChI=1S/C10H11F4N.ClH/c1-2-9(15)6-3-7(10(12,13)14)5-8(11)4-6;/h3-5,9H,2,15H2,1H3;1H. The van der Waals surface area contributed by atoms with Crippen LogP contribution in [0.1, 0.15) is 30.5 Å². The maximum atomic E-state index is 12.9. The first-order valence-corrected chi connectivity index (χ1v) is 4.48. The van der Waals surface area contributed by atoms with Crippen LogP contribution >= 0.6 is 12.4 Å². The summed E-state index contributed by atoms with van der Waals surface area (Å²) < 4.78 is 49.8. The van der Waals surface area contributed by atoms with Crippen LogP contribution in [0.4, 0.5) is 17.6 Å². The van der Waals surface area contributed by atoms with Crippen molar-refractivity contribution in [3.05, 3.63) is 35.1 Å². The van der Waals surface area contributed by atoms with E-state index in [4.69, 9.17) is 5.73 Å². The molecule has 0 aliphatic carbocycles. The van der Waals surface area contributed by atoms with Crippen molar-refractivity contribution in [3.8, 4) is 0 Å². The molecule has 0 fully saturated rings. The highest BCUT2D eigenvalue weighted by Gasteiger charge is 2.31. The van der Waals surface area contributed by atoms with Crippen molar-refractivity contribution < 1.29 is 17.6 Å². The Bertz CT molecular complexity index is 351. The summed E-state index contributed by atoms with van der Waals surface area (Å²) in [5.41, 5.74) is 4.71. The topological polar surface area (TPSA) is 26.0 Å². The van der Waals surface area contributed by atoms with Gasteiger partial charge in [0.1, 0.15) is 5.82 Å². The van der Waals surface area contributed by atoms with E-state index in [0.717, 1.165) is 12.1 Å². The van der Waals surface area contributed by atoms with Crippen LogP contribution in [-0.4, -0.2) is 0 Å². The first-order valence-electron chi connectivity index (χ1n) is 4.48. The van der Waals surface area contributed by atoms with Gasteiger partial charge in [-0.15, -0.1) is 12.4 Å². The third-order valence-electron chi connectivity index (χ3n) is 2.12. The molecule has 6 heteroatoms. The molecule has 1 nitrogen and oxygen atoms in total. The Morgan fingerprint density at radius 2 is 1.81 bits per heavy atom. The third-order valence-corrected chi connectivity index (χ3v) is 2.12. The zero-order valence-corrected chi connectivity index (χ0v) is 9.33. The average Bonchev–Trinajstić information content (AvgIpc) is 2.14. The number of hydrogen-bond donors (Lipinski definition) is 1. The van der Waals surface area contributed by atoms with Crippen LogP contribution in [0.5, 0.6) is 0 Å². The molecule has 0 aliphatic rings. The van der Waals surface area contributed by atoms with Gasteiger partial charge in [-0.1, -0.05) is 6.92 Å². The molecule has 0 aromatic heterocycles. The number of hydrogen-bond acceptors (Lipinski definition) is 1. The van der Waals surface area contributed by atoms with E-state index in [1.165, 1.54) is 0 Å². The number of alkyl halides is 3. The molecule has 0 heterocycles. The van der Waals surface area contributed by atoms with Gasteiger partial charge in [0.15, 0.2) is 0 Å². The highest BCUT2D eigenvalue weighted by atomic mass is 35.5. The molecule has 1 atom stereocenters. The smallest absolute Gasteiger partial charge is 0.324 e. The van der Waals surface area contributed by atoms with Crippen molar-refractivity contribution in [3.63, 3.8) is 0 Å². The molecule has 0 spiro atoms. The summed E-state index contributed by atoms with van der Waals surface area (Å²) in [6.07, 6.45) is -4.08. The minimum absolute atomic E-state index is 0. The van der Waals surface area contributed by atoms with E-state index in [1.807, 2.05) is 0 Å². The van der Waals surface area contributed by atoms with Crippen LogP contribution in [0, 0.1) is 5.82 Å². The molecule has 0 radical (unpaired) electrons. The largest absolute Gasteiger partial charge is 0.416 e. The van der Waals surface area contributed by atoms with E-state index >= 15 is 0 Å². The average molecular weight is 258 g/mol. The molecule has 1 unspecified atom stereocenters. The van der Waals surface area contributed by atoms with Crippen LogP contribution in [0.15, 0.2) is 18.2 Å². The summed E-state index contributed by atoms with van der Waals surface area (Å²) in [6, 6.07) is 1.81. The van der Waals surface area contributed by atoms with Gasteiger partial charge in [-0.05, 0) is 30.2 Å². The Morgan fingerprint density at radius 1 is 1.25 bits per heavy atom. The quantitative estimate of drug-likeness (QED) is 0.804. The fraction of sp³-hybridized carbons (Fsp3) is 0.400. The lowest BCUT2D eigenvalue weighted by molar-refractivity contribution is -0.137. The minimum atomic E-state index is -4.54. The highest BCUT2D eigenvalue weighted by molar-refractivity contribution is 5.85. The van der Waals surface area contributed by atoms with Crippen molar-refractivity contribution >= 4 is 12.4 Å². The van der Waals surface area contributed by atoms with Gasteiger partial charge in [-0.3, -0.25) is 0 Å². The Kier molecular flexibility index (Phi) is 5.22. The zero-order chi connectivity index (χ0) is 11.6. The molecule has 1 aromatic rings. The second kappa shape index (κ2) is 5.50. The highest BCUT2D eigenvalue weighted by Crippen LogP contribution is 2.31. The molecule has 1 aromatic carbocycles. The van der Waals surface area contributed by atoms with Crippen molar-refractivity contribution in [2.45, 2.75) is 25.6 Å². The fourth-order valence-corrected chi connectivity index (χ4v) is 1.23. The third kappa shape index (κ3) is 3.64. The molecule has 16 heavy (non-hydrogen) atoms. The van der Waals surface area contributed by atoms with Crippen molar-refractivity contribution in [2.24, 2.45) is 5.73 Å². The van der Waals surface area contributed by atoms with Gasteiger partial charge in [0, 0.05) is 6.04 Å². The van der Waals surface area contributed by atoms with Crippen molar-refractivity contribution in [1.82, 2.24) is 0 Å². The van der Waals surface area contributed by atoms with Gasteiger partial charge in [0.25, 0.3) is 0 Å². The lowest BCUT2D eigenvalue weighted by Crippen LogP contribution is -2.12. The number of nitrogens with two attached hydrogens (primary N) is 1. The number of halogens is 5. The minimum Gasteiger partial charge on any atom is -0.324 e. The first-order chi connectivity index (χ1) is 6.84. The molecule has 92 valence electrons. The monoisotopic (exact) mass is 257 g/mol. The molecule has 0 aliphatic heterocycles. The Hall–Kier alpha value is -0.810. The number of rotatable bonds is 2. The summed E-state index contributed by atoms with van der Waals surface area (Å²) >= 11 is 0. The molecule has 0 bridgehead atoms. The summed E-state index contributed by atoms with van der Waals surface area (Å²) in [5.74, 6) is -0.913. The summed E-state index contributed by atoms with van der Waals surface area (Å²) in [6.45, 7) is 1.73. The van der Waals surface area contributed by atoms with E-state index in [-0.39, 0.29) is 18.0 Å². The van der Waals surface area contributed by atoms with Gasteiger partial charge >= 0.3 is 6.18 Å². The molecule has 1 rings (SSSR count). The Morgan fingerprint density at radius 3 is 2.25 bits per heavy atom. The zero-order valence-electron chi connectivity index (χ0n) is 8.51. The first kappa shape index (κ1) is 15.2. The van der Waals surface area contributed by atoms with E-state index in [2.05, 4.69) is 0 Å². The van der Waals surface area contributed by atoms with Crippen LogP contribution in [-0.2, 0) is 6.18 Å². The van der Waals surface area contributed by atoms with Gasteiger partial charge in [0.05, 0.1) is 5.56 Å². The molecule has 0 amide bonds. The van der Waals surface area contributed by atoms with E-state index < -0.39 is 23.6 Å². The van der Waals surface area contributed by atoms with Gasteiger partial charge in [-0.2, -0.15) is 13.2 Å². The molecule has 2 N–H and O–H groups in total. The SMILES string of the molecule is CCC(N)c1cc(F)cc(C(F)(F)F)c1.Cl. The van der Waals surface area contributed by atoms with Gasteiger partial charge in [0.2, 0.25) is 0 Å². The Balaban J connectivity index is 0.00000225. The van der Waals surface area contributed by atoms with Crippen LogP contribution in [0.2, 0.25) is 0 Å². The van der Waals surface area contributed by atoms with Gasteiger partial charge in [-0.25, -0.2) is 4.39 Å².